The molecule has 0 aromatic carbocycles. The van der Waals surface area contributed by atoms with Gasteiger partial charge in [-0.2, -0.15) is 0 Å². The summed E-state index contributed by atoms with van der Waals surface area (Å²) in [5, 5.41) is 8.95. The van der Waals surface area contributed by atoms with Crippen molar-refractivity contribution in [2.45, 2.75) is 50.2 Å². The molecule has 1 nitrogen and oxygen atoms in total. The summed E-state index contributed by atoms with van der Waals surface area (Å²) >= 11 is 0. The van der Waals surface area contributed by atoms with Gasteiger partial charge < -0.3 is 1.43 Å². The summed E-state index contributed by atoms with van der Waals surface area (Å²) in [7, 11) is 0. The van der Waals surface area contributed by atoms with E-state index >= 15 is 0 Å². The molecule has 60 valence electrons. The van der Waals surface area contributed by atoms with Crippen LogP contribution in [-0.4, -0.2) is 6.71 Å². The van der Waals surface area contributed by atoms with Crippen LogP contribution in [0.2, 0.25) is 11.6 Å². The van der Waals surface area contributed by atoms with Crippen LogP contribution < -0.4 is 29.6 Å². The smallest absolute Gasteiger partial charge is 1.00 e. The van der Waals surface area contributed by atoms with Crippen molar-refractivity contribution in [2.75, 3.05) is 0 Å². The summed E-state index contributed by atoms with van der Waals surface area (Å²) in [6.45, 7) is 0.428. The fourth-order valence-electron chi connectivity index (χ4n) is 2.89. The van der Waals surface area contributed by atoms with Gasteiger partial charge in [-0.1, -0.05) is 38.5 Å². The quantitative estimate of drug-likeness (QED) is 0.462. The van der Waals surface area contributed by atoms with E-state index in [0.717, 1.165) is 11.6 Å². The summed E-state index contributed by atoms with van der Waals surface area (Å²) in [5.74, 6) is 4.05. The molecular formula is C9H15BNNa. The van der Waals surface area contributed by atoms with Crippen molar-refractivity contribution >= 4 is 6.71 Å². The molecule has 12 heavy (non-hydrogen) atoms. The predicted molar refractivity (Wildman–Crippen MR) is 47.7 cm³/mol. The minimum absolute atomic E-state index is 0. The number of rotatable bonds is 0. The molecule has 2 bridgehead atoms. The van der Waals surface area contributed by atoms with Gasteiger partial charge in [0.2, 0.25) is 0 Å². The van der Waals surface area contributed by atoms with Crippen molar-refractivity contribution < 1.29 is 31.0 Å². The molecule has 0 aromatic rings. The van der Waals surface area contributed by atoms with Crippen LogP contribution in [0.1, 0.15) is 40.0 Å². The first kappa shape index (κ1) is 10.6. The van der Waals surface area contributed by atoms with Gasteiger partial charge in [-0.3, -0.25) is 0 Å². The summed E-state index contributed by atoms with van der Waals surface area (Å²) in [4.78, 5) is 0. The molecule has 2 fully saturated rings. The Morgan fingerprint density at radius 3 is 1.75 bits per heavy atom. The molecule has 2 aliphatic rings. The number of fused-ring (bicyclic) bond motifs is 2. The van der Waals surface area contributed by atoms with Gasteiger partial charge in [-0.05, 0) is 11.6 Å². The first-order valence-electron chi connectivity index (χ1n) is 4.81. The molecule has 0 saturated carbocycles. The minimum atomic E-state index is 0. The van der Waals surface area contributed by atoms with E-state index in [1.54, 1.807) is 0 Å². The van der Waals surface area contributed by atoms with E-state index in [1.807, 2.05) is 0 Å². The van der Waals surface area contributed by atoms with Gasteiger partial charge in [0, 0.05) is 5.97 Å². The van der Waals surface area contributed by atoms with E-state index in [0.29, 0.717) is 6.71 Å². The third-order valence-corrected chi connectivity index (χ3v) is 3.46. The molecule has 0 radical (unpaired) electrons. The Morgan fingerprint density at radius 1 is 1.08 bits per heavy atom. The fourth-order valence-corrected chi connectivity index (χ4v) is 2.89. The Labute approximate surface area is 98.8 Å². The average molecular weight is 171 g/mol. The third kappa shape index (κ3) is 1.89. The maximum atomic E-state index is 8.95. The van der Waals surface area contributed by atoms with Gasteiger partial charge in [-0.25, -0.2) is 5.26 Å². The minimum Gasteiger partial charge on any atom is -1.00 e. The zero-order chi connectivity index (χ0) is 7.68. The van der Waals surface area contributed by atoms with Crippen LogP contribution in [0.25, 0.3) is 0 Å². The fraction of sp³-hybridized carbons (Fsp3) is 0.889. The van der Waals surface area contributed by atoms with Crippen molar-refractivity contribution in [1.29, 1.82) is 5.26 Å². The molecule has 0 aromatic heterocycles. The van der Waals surface area contributed by atoms with E-state index < -0.39 is 0 Å². The second-order valence-corrected chi connectivity index (χ2v) is 4.04. The molecule has 2 aliphatic heterocycles. The molecule has 2 saturated heterocycles. The number of hydrogen-bond donors (Lipinski definition) is 0. The normalized spacial score (nSPS) is 33.4. The summed E-state index contributed by atoms with van der Waals surface area (Å²) in [6.07, 6.45) is 8.08. The molecule has 0 unspecified atom stereocenters. The molecule has 0 spiro atoms. The van der Waals surface area contributed by atoms with Gasteiger partial charge >= 0.3 is 29.6 Å². The summed E-state index contributed by atoms with van der Waals surface area (Å²) in [5.41, 5.74) is 0. The molecule has 0 atom stereocenters. The van der Waals surface area contributed by atoms with Crippen LogP contribution in [0, 0.1) is 11.2 Å². The summed E-state index contributed by atoms with van der Waals surface area (Å²) in [6, 6.07) is 0. The second-order valence-electron chi connectivity index (χ2n) is 4.04. The molecule has 2 rings (SSSR count). The van der Waals surface area contributed by atoms with Crippen molar-refractivity contribution in [3.8, 4) is 5.97 Å². The summed E-state index contributed by atoms with van der Waals surface area (Å²) < 4.78 is 0. The first-order chi connectivity index (χ1) is 5.42. The average Bonchev–Trinajstić information content (AvgIpc) is 2.03. The molecule has 3 heteroatoms. The van der Waals surface area contributed by atoms with E-state index in [-0.39, 0.29) is 31.0 Å². The van der Waals surface area contributed by atoms with Crippen LogP contribution in [0.3, 0.4) is 0 Å². The SMILES string of the molecule is N#CB1C2CCCC1CCC2.[H-].[Na+]. The monoisotopic (exact) mass is 171 g/mol. The first-order valence-corrected chi connectivity index (χ1v) is 4.81. The van der Waals surface area contributed by atoms with Gasteiger partial charge in [0.05, 0.1) is 0 Å². The molecule has 0 aliphatic carbocycles. The number of nitrogens with zero attached hydrogens (tertiary/aromatic N) is 1. The zero-order valence-electron chi connectivity index (χ0n) is 8.92. The zero-order valence-corrected chi connectivity index (χ0v) is 9.92. The molecule has 0 N–H and O–H groups in total. The van der Waals surface area contributed by atoms with Crippen molar-refractivity contribution in [3.63, 3.8) is 0 Å². The standard InChI is InChI=1S/C9H14BN.Na.H/c11-7-10-8-3-1-4-9(10)6-2-5-8;;/h8-9H,1-6H2;;/q;+1;-1. The topological polar surface area (TPSA) is 23.8 Å². The molecule has 2 heterocycles. The van der Waals surface area contributed by atoms with Gasteiger partial charge in [0.25, 0.3) is 6.71 Å². The van der Waals surface area contributed by atoms with Crippen molar-refractivity contribution in [1.82, 2.24) is 0 Å². The largest absolute Gasteiger partial charge is 1.00 e. The maximum absolute atomic E-state index is 8.95. The van der Waals surface area contributed by atoms with E-state index in [9.17, 15) is 0 Å². The number of nitriles is 1. The second kappa shape index (κ2) is 4.70. The van der Waals surface area contributed by atoms with Crippen LogP contribution >= 0.6 is 0 Å². The van der Waals surface area contributed by atoms with Gasteiger partial charge in [0.1, 0.15) is 0 Å². The maximum Gasteiger partial charge on any atom is 1.00 e. The third-order valence-electron chi connectivity index (χ3n) is 3.46. The van der Waals surface area contributed by atoms with Gasteiger partial charge in [0.15, 0.2) is 0 Å². The van der Waals surface area contributed by atoms with Crippen molar-refractivity contribution in [3.05, 3.63) is 0 Å². The van der Waals surface area contributed by atoms with Gasteiger partial charge in [-0.15, -0.1) is 0 Å². The Balaban J connectivity index is 0.000000720. The predicted octanol–water partition coefficient (Wildman–Crippen LogP) is -0.231. The van der Waals surface area contributed by atoms with E-state index in [1.165, 1.54) is 38.5 Å². The molecular weight excluding hydrogens is 156 g/mol. The number of hydrogen-bond acceptors (Lipinski definition) is 1. The Hall–Kier alpha value is 0.555. The van der Waals surface area contributed by atoms with E-state index in [2.05, 4.69) is 5.97 Å². The Kier molecular flexibility index (Phi) is 4.16. The Morgan fingerprint density at radius 2 is 1.50 bits per heavy atom. The van der Waals surface area contributed by atoms with Crippen LogP contribution in [-0.2, 0) is 0 Å². The Bertz CT molecular complexity index is 173. The van der Waals surface area contributed by atoms with Crippen LogP contribution in [0.4, 0.5) is 0 Å². The molecule has 0 amide bonds. The van der Waals surface area contributed by atoms with Crippen molar-refractivity contribution in [2.24, 2.45) is 0 Å². The van der Waals surface area contributed by atoms with Crippen LogP contribution in [0.5, 0.6) is 0 Å². The van der Waals surface area contributed by atoms with Crippen LogP contribution in [0.15, 0.2) is 0 Å². The van der Waals surface area contributed by atoms with E-state index in [4.69, 9.17) is 5.26 Å².